The molecule has 0 bridgehead atoms. The molecule has 0 fully saturated rings. The van der Waals surface area contributed by atoms with E-state index in [1.54, 1.807) is 6.07 Å². The summed E-state index contributed by atoms with van der Waals surface area (Å²) in [6.07, 6.45) is 1.57. The second-order valence-electron chi connectivity index (χ2n) is 10.4. The number of hydrogen-bond donors (Lipinski definition) is 4. The zero-order chi connectivity index (χ0) is 27.4. The van der Waals surface area contributed by atoms with Crippen molar-refractivity contribution in [3.05, 3.63) is 65.7 Å². The minimum absolute atomic E-state index is 0.0542. The van der Waals surface area contributed by atoms with Gasteiger partial charge < -0.3 is 25.4 Å². The van der Waals surface area contributed by atoms with Gasteiger partial charge in [-0.1, -0.05) is 49.4 Å². The standard InChI is InChI=1S/C28H38BN3O5/c1-20(24(19-30)27(34)32-28(2,3)4)17-22-11-8-12-23(18-22)37-16-15-26(33)31-25(29(35)36)14-13-21-9-6-5-7-10-21/h5-12,18,20,24-25,35-36H,13-17H2,1-4H3,(H,31,33)(H,32,34)/t20?,24?,25-/m0/s1. The maximum atomic E-state index is 12.5. The zero-order valence-electron chi connectivity index (χ0n) is 22.1. The zero-order valence-corrected chi connectivity index (χ0v) is 22.1. The van der Waals surface area contributed by atoms with E-state index in [2.05, 4.69) is 16.7 Å². The summed E-state index contributed by atoms with van der Waals surface area (Å²) in [5.74, 6) is -1.79. The van der Waals surface area contributed by atoms with Crippen molar-refractivity contribution in [1.29, 1.82) is 5.26 Å². The van der Waals surface area contributed by atoms with Crippen LogP contribution in [0.3, 0.4) is 0 Å². The first-order chi connectivity index (χ1) is 17.5. The summed E-state index contributed by atoms with van der Waals surface area (Å²) in [6.45, 7) is 7.62. The summed E-state index contributed by atoms with van der Waals surface area (Å²) in [5, 5.41) is 34.4. The van der Waals surface area contributed by atoms with Gasteiger partial charge in [0.15, 0.2) is 0 Å². The molecule has 0 aliphatic rings. The highest BCUT2D eigenvalue weighted by atomic mass is 16.5. The number of benzene rings is 2. The first kappa shape index (κ1) is 29.9. The lowest BCUT2D eigenvalue weighted by atomic mass is 9.76. The number of nitrogens with one attached hydrogen (secondary N) is 2. The third-order valence-electron chi connectivity index (χ3n) is 5.84. The van der Waals surface area contributed by atoms with Crippen molar-refractivity contribution in [2.45, 2.75) is 64.9 Å². The Morgan fingerprint density at radius 2 is 1.76 bits per heavy atom. The van der Waals surface area contributed by atoms with Crippen molar-refractivity contribution in [3.63, 3.8) is 0 Å². The minimum Gasteiger partial charge on any atom is -0.493 e. The fourth-order valence-corrected chi connectivity index (χ4v) is 3.95. The smallest absolute Gasteiger partial charge is 0.475 e. The molecule has 2 unspecified atom stereocenters. The molecule has 198 valence electrons. The molecular weight excluding hydrogens is 469 g/mol. The highest BCUT2D eigenvalue weighted by molar-refractivity contribution is 6.43. The summed E-state index contributed by atoms with van der Waals surface area (Å²) in [7, 11) is -1.66. The van der Waals surface area contributed by atoms with E-state index in [9.17, 15) is 24.9 Å². The Kier molecular flexibility index (Phi) is 11.6. The molecule has 37 heavy (non-hydrogen) atoms. The van der Waals surface area contributed by atoms with Gasteiger partial charge in [0, 0.05) is 5.54 Å². The number of carbonyl (C=O) groups excluding carboxylic acids is 2. The molecule has 0 aliphatic carbocycles. The van der Waals surface area contributed by atoms with Crippen LogP contribution in [-0.4, -0.2) is 47.1 Å². The van der Waals surface area contributed by atoms with Gasteiger partial charge in [-0.15, -0.1) is 0 Å². The van der Waals surface area contributed by atoms with Gasteiger partial charge in [-0.25, -0.2) is 0 Å². The number of aryl methyl sites for hydroxylation is 1. The van der Waals surface area contributed by atoms with Gasteiger partial charge in [0.2, 0.25) is 11.8 Å². The lowest BCUT2D eigenvalue weighted by Gasteiger charge is -2.25. The molecule has 4 N–H and O–H groups in total. The van der Waals surface area contributed by atoms with Crippen LogP contribution in [-0.2, 0) is 22.4 Å². The Balaban J connectivity index is 1.84. The predicted octanol–water partition coefficient (Wildman–Crippen LogP) is 2.82. The SMILES string of the molecule is CC(Cc1cccc(OCCC(=O)N[C@@H](CCc2ccccc2)B(O)O)c1)C(C#N)C(=O)NC(C)(C)C. The minimum atomic E-state index is -1.66. The van der Waals surface area contributed by atoms with Crippen LogP contribution in [0.1, 0.15) is 51.7 Å². The number of nitrogens with zero attached hydrogens (tertiary/aromatic N) is 1. The van der Waals surface area contributed by atoms with Crippen LogP contribution >= 0.6 is 0 Å². The molecule has 2 amide bonds. The van der Waals surface area contributed by atoms with Crippen LogP contribution in [0, 0.1) is 23.2 Å². The van der Waals surface area contributed by atoms with Crippen LogP contribution in [0.5, 0.6) is 5.75 Å². The summed E-state index contributed by atoms with van der Waals surface area (Å²) in [4.78, 5) is 24.9. The summed E-state index contributed by atoms with van der Waals surface area (Å²) >= 11 is 0. The quantitative estimate of drug-likeness (QED) is 0.309. The molecule has 0 heterocycles. The normalized spacial score (nSPS) is 13.5. The Hall–Kier alpha value is -3.35. The van der Waals surface area contributed by atoms with E-state index in [4.69, 9.17) is 4.74 Å². The Morgan fingerprint density at radius 3 is 2.38 bits per heavy atom. The van der Waals surface area contributed by atoms with Crippen molar-refractivity contribution >= 4 is 18.9 Å². The summed E-state index contributed by atoms with van der Waals surface area (Å²) in [6, 6.07) is 19.1. The molecule has 0 radical (unpaired) electrons. The molecule has 3 atom stereocenters. The Bertz CT molecular complexity index is 1050. The third-order valence-corrected chi connectivity index (χ3v) is 5.84. The number of amides is 2. The van der Waals surface area contributed by atoms with Crippen molar-refractivity contribution in [2.24, 2.45) is 11.8 Å². The maximum Gasteiger partial charge on any atom is 0.475 e. The molecule has 0 spiro atoms. The Labute approximate surface area is 220 Å². The van der Waals surface area contributed by atoms with Gasteiger partial charge in [-0.2, -0.15) is 5.26 Å². The molecule has 2 aromatic rings. The van der Waals surface area contributed by atoms with Crippen molar-refractivity contribution in [1.82, 2.24) is 10.6 Å². The summed E-state index contributed by atoms with van der Waals surface area (Å²) in [5.41, 5.74) is 1.56. The van der Waals surface area contributed by atoms with Gasteiger partial charge in [0.25, 0.3) is 0 Å². The predicted molar refractivity (Wildman–Crippen MR) is 143 cm³/mol. The Morgan fingerprint density at radius 1 is 1.08 bits per heavy atom. The fourth-order valence-electron chi connectivity index (χ4n) is 3.95. The maximum absolute atomic E-state index is 12.5. The van der Waals surface area contributed by atoms with Crippen LogP contribution in [0.2, 0.25) is 0 Å². The number of hydrogen-bond acceptors (Lipinski definition) is 6. The number of ether oxygens (including phenoxy) is 1. The van der Waals surface area contributed by atoms with Crippen molar-refractivity contribution in [3.8, 4) is 11.8 Å². The van der Waals surface area contributed by atoms with E-state index in [-0.39, 0.29) is 30.8 Å². The van der Waals surface area contributed by atoms with Gasteiger partial charge in [-0.05, 0) is 69.2 Å². The molecule has 9 heteroatoms. The molecule has 2 rings (SSSR count). The molecule has 0 aromatic heterocycles. The van der Waals surface area contributed by atoms with E-state index in [1.165, 1.54) is 0 Å². The first-order valence-electron chi connectivity index (χ1n) is 12.6. The van der Waals surface area contributed by atoms with E-state index in [0.717, 1.165) is 11.1 Å². The van der Waals surface area contributed by atoms with Crippen molar-refractivity contribution in [2.75, 3.05) is 6.61 Å². The summed E-state index contributed by atoms with van der Waals surface area (Å²) < 4.78 is 5.74. The van der Waals surface area contributed by atoms with E-state index >= 15 is 0 Å². The van der Waals surface area contributed by atoms with Gasteiger partial charge >= 0.3 is 7.12 Å². The van der Waals surface area contributed by atoms with Gasteiger partial charge in [0.1, 0.15) is 11.7 Å². The molecule has 8 nitrogen and oxygen atoms in total. The second kappa shape index (κ2) is 14.4. The van der Waals surface area contributed by atoms with Crippen LogP contribution in [0.25, 0.3) is 0 Å². The van der Waals surface area contributed by atoms with E-state index < -0.39 is 24.5 Å². The monoisotopic (exact) mass is 507 g/mol. The molecular formula is C28H38BN3O5. The average molecular weight is 507 g/mol. The number of carbonyl (C=O) groups is 2. The van der Waals surface area contributed by atoms with Crippen LogP contribution in [0.4, 0.5) is 0 Å². The van der Waals surface area contributed by atoms with Crippen molar-refractivity contribution < 1.29 is 24.4 Å². The number of rotatable bonds is 13. The second-order valence-corrected chi connectivity index (χ2v) is 10.4. The molecule has 0 saturated carbocycles. The third kappa shape index (κ3) is 11.1. The first-order valence-corrected chi connectivity index (χ1v) is 12.6. The highest BCUT2D eigenvalue weighted by Crippen LogP contribution is 2.21. The van der Waals surface area contributed by atoms with E-state index in [0.29, 0.717) is 25.0 Å². The highest BCUT2D eigenvalue weighted by Gasteiger charge is 2.28. The van der Waals surface area contributed by atoms with Gasteiger partial charge in [-0.3, -0.25) is 9.59 Å². The average Bonchev–Trinajstić information content (AvgIpc) is 2.81. The molecule has 2 aromatic carbocycles. The largest absolute Gasteiger partial charge is 0.493 e. The fraction of sp³-hybridized carbons (Fsp3) is 0.464. The van der Waals surface area contributed by atoms with E-state index in [1.807, 2.05) is 76.2 Å². The number of nitriles is 1. The lowest BCUT2D eigenvalue weighted by Crippen LogP contribution is -2.47. The van der Waals surface area contributed by atoms with Crippen LogP contribution in [0.15, 0.2) is 54.6 Å². The molecule has 0 aliphatic heterocycles. The van der Waals surface area contributed by atoms with Crippen LogP contribution < -0.4 is 15.4 Å². The topological polar surface area (TPSA) is 132 Å². The molecule has 0 saturated heterocycles. The lowest BCUT2D eigenvalue weighted by molar-refractivity contribution is -0.126. The van der Waals surface area contributed by atoms with Gasteiger partial charge in [0.05, 0.1) is 25.0 Å².